The molecule has 0 radical (unpaired) electrons. The summed E-state index contributed by atoms with van der Waals surface area (Å²) in [6.45, 7) is 4.60. The summed E-state index contributed by atoms with van der Waals surface area (Å²) < 4.78 is 12.7. The van der Waals surface area contributed by atoms with Crippen LogP contribution in [0.1, 0.15) is 33.1 Å². The minimum Gasteiger partial charge on any atom is -0.381 e. The topological polar surface area (TPSA) is 24.9 Å². The van der Waals surface area contributed by atoms with E-state index in [0.29, 0.717) is 6.04 Å². The summed E-state index contributed by atoms with van der Waals surface area (Å²) >= 11 is 0. The lowest BCUT2D eigenvalue weighted by atomic mass is 9.80. The van der Waals surface area contributed by atoms with Crippen molar-refractivity contribution in [1.82, 2.24) is 4.98 Å². The molecule has 3 heteroatoms. The first kappa shape index (κ1) is 11.4. The average molecular weight is 222 g/mol. The zero-order valence-electron chi connectivity index (χ0n) is 9.91. The van der Waals surface area contributed by atoms with Crippen molar-refractivity contribution in [2.45, 2.75) is 39.2 Å². The number of rotatable bonds is 2. The molecule has 1 saturated carbocycles. The fourth-order valence-corrected chi connectivity index (χ4v) is 2.76. The van der Waals surface area contributed by atoms with Gasteiger partial charge >= 0.3 is 0 Å². The summed E-state index contributed by atoms with van der Waals surface area (Å²) in [7, 11) is 0. The Morgan fingerprint density at radius 1 is 1.19 bits per heavy atom. The van der Waals surface area contributed by atoms with Gasteiger partial charge in [-0.05, 0) is 43.2 Å². The Bertz CT molecular complexity index is 326. The lowest BCUT2D eigenvalue weighted by Gasteiger charge is -2.32. The molecule has 2 unspecified atom stereocenters. The van der Waals surface area contributed by atoms with Crippen LogP contribution in [0.4, 0.5) is 10.1 Å². The summed E-state index contributed by atoms with van der Waals surface area (Å²) in [5.41, 5.74) is 0.924. The third kappa shape index (κ3) is 2.94. The Kier molecular flexibility index (Phi) is 3.42. The van der Waals surface area contributed by atoms with Gasteiger partial charge in [0, 0.05) is 6.04 Å². The maximum Gasteiger partial charge on any atom is 0.212 e. The Morgan fingerprint density at radius 2 is 1.88 bits per heavy atom. The van der Waals surface area contributed by atoms with Crippen molar-refractivity contribution in [1.29, 1.82) is 0 Å². The van der Waals surface area contributed by atoms with Crippen molar-refractivity contribution in [3.63, 3.8) is 0 Å². The number of nitrogens with one attached hydrogen (secondary N) is 1. The molecule has 2 rings (SSSR count). The molecule has 1 aliphatic rings. The van der Waals surface area contributed by atoms with Gasteiger partial charge in [0.05, 0.1) is 11.9 Å². The Morgan fingerprint density at radius 3 is 2.44 bits per heavy atom. The van der Waals surface area contributed by atoms with Crippen molar-refractivity contribution in [3.8, 4) is 0 Å². The van der Waals surface area contributed by atoms with Crippen LogP contribution in [-0.2, 0) is 0 Å². The molecular weight excluding hydrogens is 203 g/mol. The molecule has 1 aromatic rings. The van der Waals surface area contributed by atoms with E-state index in [1.54, 1.807) is 12.3 Å². The second kappa shape index (κ2) is 4.81. The Hall–Kier alpha value is -1.12. The normalized spacial score (nSPS) is 30.1. The predicted octanol–water partition coefficient (Wildman–Crippen LogP) is 3.46. The van der Waals surface area contributed by atoms with Gasteiger partial charge < -0.3 is 5.32 Å². The Balaban J connectivity index is 1.96. The van der Waals surface area contributed by atoms with Crippen LogP contribution in [0.3, 0.4) is 0 Å². The average Bonchev–Trinajstić information content (AvgIpc) is 2.20. The van der Waals surface area contributed by atoms with E-state index in [1.807, 2.05) is 0 Å². The first-order valence-electron chi connectivity index (χ1n) is 6.01. The molecule has 0 amide bonds. The van der Waals surface area contributed by atoms with Gasteiger partial charge in [0.2, 0.25) is 5.95 Å². The number of halogens is 1. The number of hydrogen-bond donors (Lipinski definition) is 1. The monoisotopic (exact) mass is 222 g/mol. The van der Waals surface area contributed by atoms with Crippen molar-refractivity contribution in [3.05, 3.63) is 24.3 Å². The fourth-order valence-electron chi connectivity index (χ4n) is 2.76. The lowest BCUT2D eigenvalue weighted by molar-refractivity contribution is 0.281. The second-order valence-corrected chi connectivity index (χ2v) is 5.13. The minimum atomic E-state index is -0.420. The van der Waals surface area contributed by atoms with E-state index < -0.39 is 5.95 Å². The standard InChI is InChI=1S/C13H19FN2/c1-9-5-10(2)7-12(6-9)16-11-3-4-13(14)15-8-11/h3-4,8-10,12,16H,5-7H2,1-2H3. The van der Waals surface area contributed by atoms with E-state index in [0.717, 1.165) is 17.5 Å². The largest absolute Gasteiger partial charge is 0.381 e. The molecule has 1 heterocycles. The van der Waals surface area contributed by atoms with E-state index >= 15 is 0 Å². The van der Waals surface area contributed by atoms with Crippen LogP contribution in [0.2, 0.25) is 0 Å². The molecule has 1 fully saturated rings. The highest BCUT2D eigenvalue weighted by molar-refractivity contribution is 5.41. The van der Waals surface area contributed by atoms with Crippen LogP contribution in [0.25, 0.3) is 0 Å². The van der Waals surface area contributed by atoms with E-state index in [4.69, 9.17) is 0 Å². The summed E-state index contributed by atoms with van der Waals surface area (Å²) in [6.07, 6.45) is 5.28. The van der Waals surface area contributed by atoms with Crippen molar-refractivity contribution >= 4 is 5.69 Å². The number of anilines is 1. The van der Waals surface area contributed by atoms with Crippen molar-refractivity contribution in [2.75, 3.05) is 5.32 Å². The minimum absolute atomic E-state index is 0.420. The molecule has 0 aromatic carbocycles. The quantitative estimate of drug-likeness (QED) is 0.775. The van der Waals surface area contributed by atoms with Crippen LogP contribution < -0.4 is 5.32 Å². The van der Waals surface area contributed by atoms with Crippen LogP contribution in [0, 0.1) is 17.8 Å². The highest BCUT2D eigenvalue weighted by Gasteiger charge is 2.23. The lowest BCUT2D eigenvalue weighted by Crippen LogP contribution is -2.30. The summed E-state index contributed by atoms with van der Waals surface area (Å²) in [5, 5.41) is 3.44. The highest BCUT2D eigenvalue weighted by atomic mass is 19.1. The number of aromatic nitrogens is 1. The van der Waals surface area contributed by atoms with Gasteiger partial charge in [-0.25, -0.2) is 4.98 Å². The zero-order valence-corrected chi connectivity index (χ0v) is 9.91. The third-order valence-electron chi connectivity index (χ3n) is 3.28. The maximum absolute atomic E-state index is 12.7. The summed E-state index contributed by atoms with van der Waals surface area (Å²) in [4.78, 5) is 3.65. The highest BCUT2D eigenvalue weighted by Crippen LogP contribution is 2.30. The first-order valence-corrected chi connectivity index (χ1v) is 6.01. The van der Waals surface area contributed by atoms with Crippen LogP contribution >= 0.6 is 0 Å². The zero-order chi connectivity index (χ0) is 11.5. The number of nitrogens with zero attached hydrogens (tertiary/aromatic N) is 1. The molecule has 1 aromatic heterocycles. The van der Waals surface area contributed by atoms with Gasteiger partial charge in [-0.15, -0.1) is 0 Å². The predicted molar refractivity (Wildman–Crippen MR) is 63.8 cm³/mol. The summed E-state index contributed by atoms with van der Waals surface area (Å²) in [5.74, 6) is 1.13. The molecule has 2 nitrogen and oxygen atoms in total. The third-order valence-corrected chi connectivity index (χ3v) is 3.28. The molecule has 1 N–H and O–H groups in total. The first-order chi connectivity index (χ1) is 7.63. The molecule has 1 aliphatic carbocycles. The molecule has 2 atom stereocenters. The van der Waals surface area contributed by atoms with Gasteiger partial charge in [-0.1, -0.05) is 13.8 Å². The number of hydrogen-bond acceptors (Lipinski definition) is 2. The van der Waals surface area contributed by atoms with Gasteiger partial charge in [-0.2, -0.15) is 4.39 Å². The molecule has 0 spiro atoms. The Labute approximate surface area is 96.3 Å². The molecule has 0 bridgehead atoms. The van der Waals surface area contributed by atoms with Gasteiger partial charge in [0.25, 0.3) is 0 Å². The van der Waals surface area contributed by atoms with Gasteiger partial charge in [0.15, 0.2) is 0 Å². The summed E-state index contributed by atoms with van der Waals surface area (Å²) in [6, 6.07) is 3.66. The molecule has 0 saturated heterocycles. The van der Waals surface area contributed by atoms with Gasteiger partial charge in [0.1, 0.15) is 0 Å². The van der Waals surface area contributed by atoms with Gasteiger partial charge in [-0.3, -0.25) is 0 Å². The molecular formula is C13H19FN2. The molecule has 0 aliphatic heterocycles. The molecule has 16 heavy (non-hydrogen) atoms. The van der Waals surface area contributed by atoms with E-state index in [-0.39, 0.29) is 0 Å². The van der Waals surface area contributed by atoms with E-state index in [2.05, 4.69) is 24.1 Å². The SMILES string of the molecule is CC1CC(C)CC(Nc2ccc(F)nc2)C1. The fraction of sp³-hybridized carbons (Fsp3) is 0.615. The van der Waals surface area contributed by atoms with Crippen LogP contribution in [0.5, 0.6) is 0 Å². The van der Waals surface area contributed by atoms with E-state index in [1.165, 1.54) is 25.3 Å². The van der Waals surface area contributed by atoms with Crippen molar-refractivity contribution < 1.29 is 4.39 Å². The van der Waals surface area contributed by atoms with Crippen LogP contribution in [-0.4, -0.2) is 11.0 Å². The number of pyridine rings is 1. The maximum atomic E-state index is 12.7. The molecule has 88 valence electrons. The van der Waals surface area contributed by atoms with Crippen molar-refractivity contribution in [2.24, 2.45) is 11.8 Å². The second-order valence-electron chi connectivity index (χ2n) is 5.13. The smallest absolute Gasteiger partial charge is 0.212 e. The van der Waals surface area contributed by atoms with E-state index in [9.17, 15) is 4.39 Å². The van der Waals surface area contributed by atoms with Crippen LogP contribution in [0.15, 0.2) is 18.3 Å².